The summed E-state index contributed by atoms with van der Waals surface area (Å²) in [4.78, 5) is 20.7. The highest BCUT2D eigenvalue weighted by molar-refractivity contribution is 5.86. The SMILES string of the molecule is CC(C)CC(N)C(=O)N1CCN(c2ccccn2)CC1.Cl.Cl.Cl.Cl. The van der Waals surface area contributed by atoms with Gasteiger partial charge in [-0.05, 0) is 24.5 Å². The molecule has 1 aromatic rings. The summed E-state index contributed by atoms with van der Waals surface area (Å²) in [6, 6.07) is 5.53. The average Bonchev–Trinajstić information content (AvgIpc) is 2.47. The van der Waals surface area contributed by atoms with Crippen molar-refractivity contribution in [2.45, 2.75) is 26.3 Å². The van der Waals surface area contributed by atoms with E-state index in [9.17, 15) is 4.79 Å². The van der Waals surface area contributed by atoms with Gasteiger partial charge < -0.3 is 15.5 Å². The number of rotatable bonds is 4. The van der Waals surface area contributed by atoms with E-state index in [0.717, 1.165) is 38.4 Å². The predicted octanol–water partition coefficient (Wildman–Crippen LogP) is 2.79. The van der Waals surface area contributed by atoms with Crippen LogP contribution in [0.3, 0.4) is 0 Å². The Labute approximate surface area is 169 Å². The van der Waals surface area contributed by atoms with Crippen LogP contribution in [-0.2, 0) is 4.79 Å². The Bertz CT molecular complexity index is 442. The first-order valence-corrected chi connectivity index (χ1v) is 7.28. The van der Waals surface area contributed by atoms with Gasteiger partial charge in [-0.25, -0.2) is 4.98 Å². The zero-order chi connectivity index (χ0) is 14.5. The molecule has 5 nitrogen and oxygen atoms in total. The Hall–Kier alpha value is -0.460. The molecule has 0 bridgehead atoms. The van der Waals surface area contributed by atoms with Crippen molar-refractivity contribution in [3.63, 3.8) is 0 Å². The van der Waals surface area contributed by atoms with Gasteiger partial charge in [-0.3, -0.25) is 4.79 Å². The minimum absolute atomic E-state index is 0. The van der Waals surface area contributed by atoms with Crippen LogP contribution in [0.5, 0.6) is 0 Å². The van der Waals surface area contributed by atoms with E-state index < -0.39 is 0 Å². The summed E-state index contributed by atoms with van der Waals surface area (Å²) in [5.41, 5.74) is 5.98. The van der Waals surface area contributed by atoms with Gasteiger partial charge in [0.15, 0.2) is 0 Å². The van der Waals surface area contributed by atoms with Crippen LogP contribution in [0.1, 0.15) is 20.3 Å². The summed E-state index contributed by atoms with van der Waals surface area (Å²) in [7, 11) is 0. The number of pyridine rings is 1. The van der Waals surface area contributed by atoms with E-state index in [1.807, 2.05) is 23.1 Å². The van der Waals surface area contributed by atoms with Crippen molar-refractivity contribution in [2.24, 2.45) is 11.7 Å². The minimum Gasteiger partial charge on any atom is -0.353 e. The largest absolute Gasteiger partial charge is 0.353 e. The molecule has 1 aliphatic heterocycles. The number of hydrogen-bond donors (Lipinski definition) is 1. The first-order valence-electron chi connectivity index (χ1n) is 7.28. The maximum Gasteiger partial charge on any atom is 0.239 e. The van der Waals surface area contributed by atoms with E-state index in [4.69, 9.17) is 5.73 Å². The number of nitrogens with zero attached hydrogens (tertiary/aromatic N) is 3. The molecule has 0 aromatic carbocycles. The fraction of sp³-hybridized carbons (Fsp3) is 0.600. The first kappa shape index (κ1) is 28.3. The number of aromatic nitrogens is 1. The molecule has 1 atom stereocenters. The summed E-state index contributed by atoms with van der Waals surface area (Å²) in [6.45, 7) is 7.26. The number of piperazine rings is 1. The van der Waals surface area contributed by atoms with Crippen molar-refractivity contribution >= 4 is 61.4 Å². The van der Waals surface area contributed by atoms with Crippen LogP contribution < -0.4 is 10.6 Å². The molecule has 0 radical (unpaired) electrons. The van der Waals surface area contributed by atoms with E-state index in [0.29, 0.717) is 5.92 Å². The molecule has 1 fully saturated rings. The van der Waals surface area contributed by atoms with Crippen LogP contribution in [0.15, 0.2) is 24.4 Å². The highest BCUT2D eigenvalue weighted by Gasteiger charge is 2.25. The zero-order valence-corrected chi connectivity index (χ0v) is 17.2. The van der Waals surface area contributed by atoms with Crippen LogP contribution >= 0.6 is 49.6 Å². The molecule has 1 unspecified atom stereocenters. The average molecular weight is 422 g/mol. The smallest absolute Gasteiger partial charge is 0.239 e. The Morgan fingerprint density at radius 2 is 1.71 bits per heavy atom. The summed E-state index contributed by atoms with van der Waals surface area (Å²) < 4.78 is 0. The molecule has 9 heteroatoms. The number of carbonyl (C=O) groups is 1. The van der Waals surface area contributed by atoms with Crippen LogP contribution in [0.25, 0.3) is 0 Å². The quantitative estimate of drug-likeness (QED) is 0.811. The van der Waals surface area contributed by atoms with Crippen molar-refractivity contribution in [2.75, 3.05) is 31.1 Å². The van der Waals surface area contributed by atoms with Crippen molar-refractivity contribution < 1.29 is 4.79 Å². The monoisotopic (exact) mass is 420 g/mol. The van der Waals surface area contributed by atoms with Gasteiger partial charge in [0.25, 0.3) is 0 Å². The van der Waals surface area contributed by atoms with Gasteiger partial charge >= 0.3 is 0 Å². The standard InChI is InChI=1S/C15H24N4O.4ClH/c1-12(2)11-13(16)15(20)19-9-7-18(8-10-19)14-5-3-4-6-17-14;;;;/h3-6,12-13H,7-11,16H2,1-2H3;4*1H. The molecule has 24 heavy (non-hydrogen) atoms. The lowest BCUT2D eigenvalue weighted by Gasteiger charge is -2.36. The summed E-state index contributed by atoms with van der Waals surface area (Å²) in [5, 5.41) is 0. The molecule has 0 aliphatic carbocycles. The van der Waals surface area contributed by atoms with E-state index >= 15 is 0 Å². The zero-order valence-electron chi connectivity index (χ0n) is 14.0. The lowest BCUT2D eigenvalue weighted by molar-refractivity contribution is -0.133. The molecule has 1 amide bonds. The van der Waals surface area contributed by atoms with Gasteiger partial charge in [0.2, 0.25) is 5.91 Å². The third-order valence-electron chi connectivity index (χ3n) is 3.61. The second-order valence-electron chi connectivity index (χ2n) is 5.74. The Morgan fingerprint density at radius 1 is 1.12 bits per heavy atom. The Balaban J connectivity index is -0.00000110. The topological polar surface area (TPSA) is 62.5 Å². The highest BCUT2D eigenvalue weighted by atomic mass is 35.5. The van der Waals surface area contributed by atoms with Crippen molar-refractivity contribution in [1.82, 2.24) is 9.88 Å². The molecule has 2 rings (SSSR count). The molecule has 1 aromatic heterocycles. The number of amides is 1. The van der Waals surface area contributed by atoms with E-state index in [2.05, 4.69) is 23.7 Å². The maximum absolute atomic E-state index is 12.2. The van der Waals surface area contributed by atoms with Gasteiger partial charge in [0, 0.05) is 32.4 Å². The van der Waals surface area contributed by atoms with Crippen LogP contribution in [0, 0.1) is 5.92 Å². The van der Waals surface area contributed by atoms with Crippen molar-refractivity contribution in [3.8, 4) is 0 Å². The molecule has 2 heterocycles. The summed E-state index contributed by atoms with van der Waals surface area (Å²) >= 11 is 0. The van der Waals surface area contributed by atoms with Crippen molar-refractivity contribution in [1.29, 1.82) is 0 Å². The molecular weight excluding hydrogens is 394 g/mol. The second kappa shape index (κ2) is 13.8. The number of hydrogen-bond acceptors (Lipinski definition) is 4. The fourth-order valence-electron chi connectivity index (χ4n) is 2.54. The molecule has 0 spiro atoms. The van der Waals surface area contributed by atoms with Crippen LogP contribution in [-0.4, -0.2) is 48.0 Å². The molecule has 142 valence electrons. The fourth-order valence-corrected chi connectivity index (χ4v) is 2.54. The van der Waals surface area contributed by atoms with Gasteiger partial charge in [-0.15, -0.1) is 49.6 Å². The Kier molecular flexibility index (Phi) is 16.3. The summed E-state index contributed by atoms with van der Waals surface area (Å²) in [5.74, 6) is 1.51. The molecule has 1 aliphatic rings. The number of anilines is 1. The maximum atomic E-state index is 12.2. The Morgan fingerprint density at radius 3 is 2.17 bits per heavy atom. The molecule has 2 N–H and O–H groups in total. The third kappa shape index (κ3) is 8.08. The molecule has 0 saturated carbocycles. The van der Waals surface area contributed by atoms with E-state index in [1.54, 1.807) is 6.20 Å². The number of carbonyl (C=O) groups excluding carboxylic acids is 1. The highest BCUT2D eigenvalue weighted by Crippen LogP contribution is 2.14. The summed E-state index contributed by atoms with van der Waals surface area (Å²) in [6.07, 6.45) is 2.55. The first-order chi connectivity index (χ1) is 9.58. The van der Waals surface area contributed by atoms with Crippen molar-refractivity contribution in [3.05, 3.63) is 24.4 Å². The van der Waals surface area contributed by atoms with Crippen LogP contribution in [0.2, 0.25) is 0 Å². The second-order valence-corrected chi connectivity index (χ2v) is 5.74. The third-order valence-corrected chi connectivity index (χ3v) is 3.61. The molecule has 1 saturated heterocycles. The van der Waals surface area contributed by atoms with Gasteiger partial charge in [0.05, 0.1) is 6.04 Å². The van der Waals surface area contributed by atoms with E-state index in [1.165, 1.54) is 0 Å². The minimum atomic E-state index is -0.364. The number of halogens is 4. The molecular formula is C15H28Cl4N4O. The van der Waals surface area contributed by atoms with Gasteiger partial charge in [-0.2, -0.15) is 0 Å². The number of nitrogens with two attached hydrogens (primary N) is 1. The van der Waals surface area contributed by atoms with Gasteiger partial charge in [-0.1, -0.05) is 19.9 Å². The normalized spacial score (nSPS) is 14.5. The van der Waals surface area contributed by atoms with Crippen LogP contribution in [0.4, 0.5) is 5.82 Å². The lowest BCUT2D eigenvalue weighted by Crippen LogP contribution is -2.53. The van der Waals surface area contributed by atoms with E-state index in [-0.39, 0.29) is 61.6 Å². The lowest BCUT2D eigenvalue weighted by atomic mass is 10.0. The predicted molar refractivity (Wildman–Crippen MR) is 109 cm³/mol. The van der Waals surface area contributed by atoms with Gasteiger partial charge in [0.1, 0.15) is 5.82 Å².